The van der Waals surface area contributed by atoms with Gasteiger partial charge in [-0.3, -0.25) is 29.3 Å². The van der Waals surface area contributed by atoms with Crippen LogP contribution in [0.4, 0.5) is 10.5 Å². The maximum Gasteiger partial charge on any atom is 0.417 e. The summed E-state index contributed by atoms with van der Waals surface area (Å²) in [7, 11) is -4.37. The molecule has 3 rings (SSSR count). The lowest BCUT2D eigenvalue weighted by molar-refractivity contribution is -0.384. The van der Waals surface area contributed by atoms with Gasteiger partial charge in [-0.2, -0.15) is 4.72 Å². The number of hydrogen-bond donors (Lipinski definition) is 4. The van der Waals surface area contributed by atoms with E-state index in [4.69, 9.17) is 10.5 Å². The van der Waals surface area contributed by atoms with E-state index in [0.29, 0.717) is 10.5 Å². The number of non-ortho nitro benzene ring substituents is 1. The first-order valence-corrected chi connectivity index (χ1v) is 13.5. The van der Waals surface area contributed by atoms with Crippen molar-refractivity contribution in [1.82, 2.24) is 20.3 Å². The molecule has 2 aromatic carbocycles. The van der Waals surface area contributed by atoms with Gasteiger partial charge in [-0.05, 0) is 24.6 Å². The Labute approximate surface area is 233 Å². The first kappa shape index (κ1) is 30.6. The molecule has 1 aliphatic heterocycles. The van der Waals surface area contributed by atoms with Gasteiger partial charge in [0.05, 0.1) is 22.4 Å². The quantitative estimate of drug-likeness (QED) is 0.173. The summed E-state index contributed by atoms with van der Waals surface area (Å²) < 4.78 is 32.4. The number of cyclic esters (lactones) is 1. The van der Waals surface area contributed by atoms with E-state index in [1.54, 1.807) is 30.3 Å². The van der Waals surface area contributed by atoms with Crippen LogP contribution in [-0.4, -0.2) is 79.2 Å². The van der Waals surface area contributed by atoms with Crippen LogP contribution in [0.2, 0.25) is 0 Å². The molecule has 0 radical (unpaired) electrons. The Balaban J connectivity index is 1.75. The lowest BCUT2D eigenvalue weighted by Crippen LogP contribution is -2.57. The van der Waals surface area contributed by atoms with E-state index >= 15 is 0 Å². The number of nitrogens with one attached hydrogen (secondary N) is 3. The third-order valence-electron chi connectivity index (χ3n) is 5.83. The van der Waals surface area contributed by atoms with Crippen LogP contribution in [0.3, 0.4) is 0 Å². The first-order chi connectivity index (χ1) is 19.3. The van der Waals surface area contributed by atoms with Gasteiger partial charge in [0.25, 0.3) is 11.6 Å². The van der Waals surface area contributed by atoms with Crippen LogP contribution in [0.15, 0.2) is 59.5 Å². The summed E-state index contributed by atoms with van der Waals surface area (Å²) in [5, 5.41) is 15.6. The molecule has 41 heavy (non-hydrogen) atoms. The third kappa shape index (κ3) is 7.83. The zero-order valence-electron chi connectivity index (χ0n) is 21.5. The fourth-order valence-corrected chi connectivity index (χ4v) is 4.99. The predicted octanol–water partition coefficient (Wildman–Crippen LogP) is -1.06. The van der Waals surface area contributed by atoms with E-state index in [2.05, 4.69) is 15.4 Å². The van der Waals surface area contributed by atoms with Crippen LogP contribution < -0.4 is 21.1 Å². The Morgan fingerprint density at radius 3 is 2.34 bits per heavy atom. The topological polar surface area (TPSA) is 237 Å². The lowest BCUT2D eigenvalue weighted by atomic mass is 10.0. The number of nitrogens with zero attached hydrogens (tertiary/aromatic N) is 2. The predicted molar refractivity (Wildman–Crippen MR) is 139 cm³/mol. The van der Waals surface area contributed by atoms with Crippen LogP contribution in [0.5, 0.6) is 0 Å². The van der Waals surface area contributed by atoms with Crippen molar-refractivity contribution >= 4 is 45.4 Å². The number of benzene rings is 2. The summed E-state index contributed by atoms with van der Waals surface area (Å²) in [6.07, 6.45) is -1.23. The number of ether oxygens (including phenoxy) is 1. The number of sulfonamides is 1. The highest BCUT2D eigenvalue weighted by molar-refractivity contribution is 7.89. The molecule has 2 aromatic rings. The molecule has 16 nitrogen and oxygen atoms in total. The number of amides is 5. The molecule has 1 saturated heterocycles. The van der Waals surface area contributed by atoms with Gasteiger partial charge in [-0.15, -0.1) is 0 Å². The maximum absolute atomic E-state index is 13.2. The van der Waals surface area contributed by atoms with Crippen molar-refractivity contribution in [3.05, 3.63) is 70.3 Å². The van der Waals surface area contributed by atoms with Crippen molar-refractivity contribution in [2.75, 3.05) is 13.2 Å². The van der Waals surface area contributed by atoms with Crippen LogP contribution in [0.25, 0.3) is 0 Å². The zero-order chi connectivity index (χ0) is 30.3. The number of rotatable bonds is 12. The Bertz CT molecular complexity index is 1450. The minimum atomic E-state index is -4.37. The minimum absolute atomic E-state index is 0.0158. The summed E-state index contributed by atoms with van der Waals surface area (Å²) in [5.41, 5.74) is 5.37. The molecule has 1 aliphatic rings. The van der Waals surface area contributed by atoms with E-state index in [1.165, 1.54) is 0 Å². The van der Waals surface area contributed by atoms with Gasteiger partial charge in [0.15, 0.2) is 6.04 Å². The van der Waals surface area contributed by atoms with E-state index in [9.17, 15) is 42.5 Å². The number of carbonyl (C=O) groups excluding carboxylic acids is 5. The zero-order valence-corrected chi connectivity index (χ0v) is 22.3. The summed E-state index contributed by atoms with van der Waals surface area (Å²) in [4.78, 5) is 72.6. The minimum Gasteiger partial charge on any atom is -0.446 e. The molecule has 5 amide bonds. The average molecular weight is 591 g/mol. The van der Waals surface area contributed by atoms with Crippen molar-refractivity contribution in [2.45, 2.75) is 36.4 Å². The monoisotopic (exact) mass is 590 g/mol. The molecule has 3 atom stereocenters. The van der Waals surface area contributed by atoms with E-state index in [1.807, 2.05) is 0 Å². The number of carbonyl (C=O) groups is 5. The molecule has 0 unspecified atom stereocenters. The van der Waals surface area contributed by atoms with E-state index < -0.39 is 75.9 Å². The van der Waals surface area contributed by atoms with Gasteiger partial charge in [-0.1, -0.05) is 30.3 Å². The number of hydrogen-bond acceptors (Lipinski definition) is 10. The fourth-order valence-electron chi connectivity index (χ4n) is 3.79. The highest BCUT2D eigenvalue weighted by Crippen LogP contribution is 2.18. The molecule has 218 valence electrons. The Morgan fingerprint density at radius 1 is 1.12 bits per heavy atom. The summed E-state index contributed by atoms with van der Waals surface area (Å²) in [5.74, 6) is -3.66. The van der Waals surface area contributed by atoms with Crippen LogP contribution in [0.1, 0.15) is 12.5 Å². The second-order valence-corrected chi connectivity index (χ2v) is 10.5. The normalized spacial score (nSPS) is 16.3. The number of nitro benzene ring substituents is 1. The number of nitrogens with two attached hydrogens (primary N) is 1. The molecule has 5 N–H and O–H groups in total. The summed E-state index contributed by atoms with van der Waals surface area (Å²) in [6, 6.07) is 8.03. The average Bonchev–Trinajstić information content (AvgIpc) is 3.32. The third-order valence-corrected chi connectivity index (χ3v) is 7.38. The SMILES string of the molecule is C[C@H](NS(=O)(=O)c1ccc([N+](=O)[O-])cc1)C(=O)N1C(=O)OC[C@@H]1C(=O)N[C@@H](Cc1ccccc1)C(=O)NCC(N)=O. The van der Waals surface area contributed by atoms with Crippen molar-refractivity contribution in [1.29, 1.82) is 0 Å². The maximum atomic E-state index is 13.2. The number of primary amides is 1. The molecule has 0 aromatic heterocycles. The summed E-state index contributed by atoms with van der Waals surface area (Å²) in [6.45, 7) is 0.0581. The second-order valence-electron chi connectivity index (χ2n) is 8.83. The first-order valence-electron chi connectivity index (χ1n) is 12.0. The van der Waals surface area contributed by atoms with Gasteiger partial charge in [0, 0.05) is 18.6 Å². The van der Waals surface area contributed by atoms with Gasteiger partial charge < -0.3 is 21.1 Å². The molecule has 0 saturated carbocycles. The Hall–Kier alpha value is -4.90. The van der Waals surface area contributed by atoms with Crippen LogP contribution >= 0.6 is 0 Å². The molecule has 1 heterocycles. The standard InChI is InChI=1S/C24H26N6O10S/c1-14(28-41(38,39)17-9-7-16(8-10-17)30(36)37)23(34)29-19(13-40-24(29)35)22(33)27-18(21(32)26-12-20(25)31)11-15-5-3-2-4-6-15/h2-10,14,18-19,28H,11-13H2,1H3,(H2,25,31)(H,26,32)(H,27,33)/t14-,18-,19+/m0/s1. The molecule has 0 aliphatic carbocycles. The van der Waals surface area contributed by atoms with Gasteiger partial charge in [-0.25, -0.2) is 18.1 Å². The van der Waals surface area contributed by atoms with Crippen molar-refractivity contribution in [2.24, 2.45) is 5.73 Å². The molecular weight excluding hydrogens is 564 g/mol. The summed E-state index contributed by atoms with van der Waals surface area (Å²) >= 11 is 0. The van der Waals surface area contributed by atoms with Gasteiger partial charge >= 0.3 is 6.09 Å². The van der Waals surface area contributed by atoms with Crippen molar-refractivity contribution in [3.8, 4) is 0 Å². The van der Waals surface area contributed by atoms with Gasteiger partial charge in [0.1, 0.15) is 12.6 Å². The second kappa shape index (κ2) is 13.0. The van der Waals surface area contributed by atoms with E-state index in [-0.39, 0.29) is 17.0 Å². The van der Waals surface area contributed by atoms with Crippen LogP contribution in [-0.2, 0) is 40.4 Å². The number of nitro groups is 1. The molecule has 17 heteroatoms. The smallest absolute Gasteiger partial charge is 0.417 e. The highest BCUT2D eigenvalue weighted by Gasteiger charge is 2.45. The lowest BCUT2D eigenvalue weighted by Gasteiger charge is -2.25. The molecule has 0 spiro atoms. The van der Waals surface area contributed by atoms with Crippen molar-refractivity contribution < 1.29 is 42.1 Å². The Morgan fingerprint density at radius 2 is 1.76 bits per heavy atom. The molecule has 0 bridgehead atoms. The largest absolute Gasteiger partial charge is 0.446 e. The van der Waals surface area contributed by atoms with E-state index in [0.717, 1.165) is 31.2 Å². The molecular formula is C24H26N6O10S. The van der Waals surface area contributed by atoms with Crippen molar-refractivity contribution in [3.63, 3.8) is 0 Å². The fraction of sp³-hybridized carbons (Fsp3) is 0.292. The molecule has 1 fully saturated rings. The van der Waals surface area contributed by atoms with Crippen LogP contribution in [0, 0.1) is 10.1 Å². The number of imide groups is 1. The Kier molecular flexibility index (Phi) is 9.69. The highest BCUT2D eigenvalue weighted by atomic mass is 32.2. The van der Waals surface area contributed by atoms with Gasteiger partial charge in [0.2, 0.25) is 27.7 Å².